The van der Waals surface area contributed by atoms with Crippen LogP contribution < -0.4 is 5.32 Å². The molecule has 1 aliphatic carbocycles. The van der Waals surface area contributed by atoms with E-state index in [1.54, 1.807) is 35.6 Å². The van der Waals surface area contributed by atoms with Crippen molar-refractivity contribution in [2.45, 2.75) is 18.3 Å². The van der Waals surface area contributed by atoms with Gasteiger partial charge in [-0.25, -0.2) is 0 Å². The molecule has 6 heteroatoms. The summed E-state index contributed by atoms with van der Waals surface area (Å²) in [5.74, 6) is -1.10. The molecule has 1 aliphatic heterocycles. The summed E-state index contributed by atoms with van der Waals surface area (Å²) in [6, 6.07) is 8.75. The first-order valence-corrected chi connectivity index (χ1v) is 8.80. The van der Waals surface area contributed by atoms with Crippen molar-refractivity contribution in [3.05, 3.63) is 57.8 Å². The van der Waals surface area contributed by atoms with Crippen LogP contribution in [0, 0.1) is 0 Å². The zero-order valence-electron chi connectivity index (χ0n) is 13.0. The molecule has 1 aromatic heterocycles. The molecular formula is C18H16N2O3S. The fraction of sp³-hybridized carbons (Fsp3) is 0.278. The van der Waals surface area contributed by atoms with Crippen molar-refractivity contribution in [3.8, 4) is 0 Å². The first-order chi connectivity index (χ1) is 11.6. The smallest absolute Gasteiger partial charge is 0.262 e. The summed E-state index contributed by atoms with van der Waals surface area (Å²) in [6.45, 7) is 0.317. The maximum absolute atomic E-state index is 12.3. The Balaban J connectivity index is 1.39. The predicted molar refractivity (Wildman–Crippen MR) is 90.0 cm³/mol. The lowest BCUT2D eigenvalue weighted by Gasteiger charge is -2.17. The number of benzene rings is 1. The number of carbonyl (C=O) groups excluding carboxylic acids is 3. The normalized spacial score (nSPS) is 17.8. The van der Waals surface area contributed by atoms with Crippen LogP contribution >= 0.6 is 11.3 Å². The summed E-state index contributed by atoms with van der Waals surface area (Å²) >= 11 is 1.65. The second-order valence-electron chi connectivity index (χ2n) is 6.31. The van der Waals surface area contributed by atoms with Crippen LogP contribution in [-0.2, 0) is 10.2 Å². The summed E-state index contributed by atoms with van der Waals surface area (Å²) in [5, 5.41) is 7.04. The average Bonchev–Trinajstić information content (AvgIpc) is 3.10. The number of nitrogens with zero attached hydrogens (tertiary/aromatic N) is 1. The fourth-order valence-corrected chi connectivity index (χ4v) is 3.91. The Bertz CT molecular complexity index is 790. The van der Waals surface area contributed by atoms with E-state index in [1.807, 2.05) is 5.38 Å². The highest BCUT2D eigenvalue weighted by Crippen LogP contribution is 2.48. The van der Waals surface area contributed by atoms with E-state index >= 15 is 0 Å². The van der Waals surface area contributed by atoms with Gasteiger partial charge in [-0.1, -0.05) is 12.1 Å². The van der Waals surface area contributed by atoms with Gasteiger partial charge in [-0.3, -0.25) is 19.3 Å². The quantitative estimate of drug-likeness (QED) is 0.849. The molecule has 2 heterocycles. The molecule has 24 heavy (non-hydrogen) atoms. The van der Waals surface area contributed by atoms with Gasteiger partial charge in [0.25, 0.3) is 11.8 Å². The summed E-state index contributed by atoms with van der Waals surface area (Å²) in [5.41, 5.74) is 2.03. The van der Waals surface area contributed by atoms with Crippen LogP contribution in [0.4, 0.5) is 0 Å². The number of nitrogens with one attached hydrogen (secondary N) is 1. The van der Waals surface area contributed by atoms with Gasteiger partial charge in [-0.05, 0) is 47.4 Å². The average molecular weight is 340 g/mol. The molecule has 1 saturated carbocycles. The Morgan fingerprint density at radius 3 is 2.33 bits per heavy atom. The van der Waals surface area contributed by atoms with Crippen molar-refractivity contribution in [3.63, 3.8) is 0 Å². The number of amides is 3. The molecule has 0 saturated heterocycles. The highest BCUT2D eigenvalue weighted by Gasteiger charge is 2.45. The van der Waals surface area contributed by atoms with Crippen molar-refractivity contribution in [1.29, 1.82) is 0 Å². The summed E-state index contributed by atoms with van der Waals surface area (Å²) < 4.78 is 0. The molecule has 1 N–H and O–H groups in total. The highest BCUT2D eigenvalue weighted by molar-refractivity contribution is 7.08. The van der Waals surface area contributed by atoms with Gasteiger partial charge in [0.2, 0.25) is 5.91 Å². The van der Waals surface area contributed by atoms with Gasteiger partial charge in [0.05, 0.1) is 11.1 Å². The van der Waals surface area contributed by atoms with Crippen LogP contribution in [0.15, 0.2) is 41.1 Å². The first-order valence-electron chi connectivity index (χ1n) is 7.85. The number of fused-ring (bicyclic) bond motifs is 1. The first kappa shape index (κ1) is 15.1. The van der Waals surface area contributed by atoms with E-state index < -0.39 is 11.8 Å². The number of thiophene rings is 1. The molecule has 5 nitrogen and oxygen atoms in total. The molecular weight excluding hydrogens is 324 g/mol. The van der Waals surface area contributed by atoms with Crippen molar-refractivity contribution in [2.75, 3.05) is 13.1 Å². The lowest BCUT2D eigenvalue weighted by Crippen LogP contribution is -2.42. The van der Waals surface area contributed by atoms with Gasteiger partial charge in [-0.2, -0.15) is 11.3 Å². The van der Waals surface area contributed by atoms with Crippen LogP contribution in [0.3, 0.4) is 0 Å². The van der Waals surface area contributed by atoms with Gasteiger partial charge < -0.3 is 5.32 Å². The Morgan fingerprint density at radius 2 is 1.79 bits per heavy atom. The van der Waals surface area contributed by atoms with Crippen LogP contribution in [-0.4, -0.2) is 35.7 Å². The predicted octanol–water partition coefficient (Wildman–Crippen LogP) is 2.19. The van der Waals surface area contributed by atoms with Crippen molar-refractivity contribution < 1.29 is 14.4 Å². The number of hydrogen-bond acceptors (Lipinski definition) is 4. The number of rotatable bonds is 5. The van der Waals surface area contributed by atoms with Gasteiger partial charge in [-0.15, -0.1) is 0 Å². The van der Waals surface area contributed by atoms with Crippen LogP contribution in [0.2, 0.25) is 0 Å². The molecule has 0 unspecified atom stereocenters. The van der Waals surface area contributed by atoms with E-state index in [2.05, 4.69) is 16.8 Å². The second kappa shape index (κ2) is 5.56. The third-order valence-electron chi connectivity index (χ3n) is 4.79. The van der Waals surface area contributed by atoms with E-state index in [1.165, 1.54) is 5.56 Å². The number of hydrogen-bond donors (Lipinski definition) is 1. The molecule has 0 spiro atoms. The topological polar surface area (TPSA) is 66.5 Å². The molecule has 122 valence electrons. The van der Waals surface area contributed by atoms with Gasteiger partial charge in [0.15, 0.2) is 0 Å². The molecule has 2 aromatic rings. The minimum absolute atomic E-state index is 0.0393. The monoisotopic (exact) mass is 340 g/mol. The third kappa shape index (κ3) is 2.43. The standard InChI is InChI=1S/C18H16N2O3S/c21-15(19-11-18(6-7-18)12-5-8-24-10-12)9-20-16(22)13-3-1-2-4-14(13)17(20)23/h1-5,8,10H,6-7,9,11H2,(H,19,21). The molecule has 0 atom stereocenters. The lowest BCUT2D eigenvalue weighted by atomic mass is 9.99. The van der Waals surface area contributed by atoms with Gasteiger partial charge in [0, 0.05) is 12.0 Å². The van der Waals surface area contributed by atoms with Crippen LogP contribution in [0.1, 0.15) is 39.1 Å². The minimum atomic E-state index is -0.398. The molecule has 3 amide bonds. The Hall–Kier alpha value is -2.47. The third-order valence-corrected chi connectivity index (χ3v) is 5.47. The van der Waals surface area contributed by atoms with Crippen molar-refractivity contribution in [1.82, 2.24) is 10.2 Å². The Labute approximate surface area is 143 Å². The van der Waals surface area contributed by atoms with Crippen molar-refractivity contribution in [2.24, 2.45) is 0 Å². The summed E-state index contributed by atoms with van der Waals surface area (Å²) in [7, 11) is 0. The van der Waals surface area contributed by atoms with Crippen LogP contribution in [0.25, 0.3) is 0 Å². The number of imide groups is 1. The SMILES string of the molecule is O=C(CN1C(=O)c2ccccc2C1=O)NCC1(c2ccsc2)CC1. The lowest BCUT2D eigenvalue weighted by molar-refractivity contribution is -0.121. The molecule has 4 rings (SSSR count). The van der Waals surface area contributed by atoms with E-state index in [4.69, 9.17) is 0 Å². The molecule has 1 fully saturated rings. The Morgan fingerprint density at radius 1 is 1.12 bits per heavy atom. The second-order valence-corrected chi connectivity index (χ2v) is 7.09. The molecule has 0 radical (unpaired) electrons. The van der Waals surface area contributed by atoms with E-state index in [-0.39, 0.29) is 17.9 Å². The number of carbonyl (C=O) groups is 3. The molecule has 0 bridgehead atoms. The zero-order chi connectivity index (χ0) is 16.7. The Kier molecular flexibility index (Phi) is 3.49. The maximum Gasteiger partial charge on any atom is 0.262 e. The minimum Gasteiger partial charge on any atom is -0.354 e. The summed E-state index contributed by atoms with van der Waals surface area (Å²) in [4.78, 5) is 37.8. The largest absolute Gasteiger partial charge is 0.354 e. The zero-order valence-corrected chi connectivity index (χ0v) is 13.8. The van der Waals surface area contributed by atoms with E-state index in [0.29, 0.717) is 17.7 Å². The van der Waals surface area contributed by atoms with Crippen LogP contribution in [0.5, 0.6) is 0 Å². The van der Waals surface area contributed by atoms with E-state index in [9.17, 15) is 14.4 Å². The van der Waals surface area contributed by atoms with E-state index in [0.717, 1.165) is 17.7 Å². The van der Waals surface area contributed by atoms with Gasteiger partial charge in [0.1, 0.15) is 6.54 Å². The highest BCUT2D eigenvalue weighted by atomic mass is 32.1. The van der Waals surface area contributed by atoms with Gasteiger partial charge >= 0.3 is 0 Å². The molecule has 1 aromatic carbocycles. The summed E-state index contributed by atoms with van der Waals surface area (Å²) in [6.07, 6.45) is 2.11. The molecule has 2 aliphatic rings. The maximum atomic E-state index is 12.3. The van der Waals surface area contributed by atoms with Crippen molar-refractivity contribution >= 4 is 29.1 Å². The fourth-order valence-electron chi connectivity index (χ4n) is 3.13.